The number of anilines is 2. The van der Waals surface area contributed by atoms with E-state index in [4.69, 9.17) is 4.74 Å². The Kier molecular flexibility index (Phi) is 5.63. The monoisotopic (exact) mass is 341 g/mol. The molecule has 3 rings (SSSR count). The van der Waals surface area contributed by atoms with Crippen LogP contribution < -0.4 is 14.5 Å². The van der Waals surface area contributed by atoms with E-state index in [-0.39, 0.29) is 6.01 Å². The highest BCUT2D eigenvalue weighted by atomic mass is 19.3. The first-order valence-electron chi connectivity index (χ1n) is 8.75. The van der Waals surface area contributed by atoms with Gasteiger partial charge < -0.3 is 14.5 Å². The standard InChI is InChI=1S/C16H25F2N5O/c1-24-16-20-14(22-8-4-2-3-5-9-22)19-15(21-16)23-10-6-12(7-11-23)13(17)18/h12-13H,2-11H2,1H3. The fraction of sp³-hybridized carbons (Fsp3) is 0.812. The first-order valence-corrected chi connectivity index (χ1v) is 8.75. The summed E-state index contributed by atoms with van der Waals surface area (Å²) in [6.07, 6.45) is 3.40. The number of hydrogen-bond acceptors (Lipinski definition) is 6. The van der Waals surface area contributed by atoms with Gasteiger partial charge in [-0.15, -0.1) is 0 Å². The molecule has 2 fully saturated rings. The zero-order chi connectivity index (χ0) is 16.9. The number of rotatable bonds is 4. The number of piperidine rings is 1. The van der Waals surface area contributed by atoms with Crippen molar-refractivity contribution in [3.8, 4) is 6.01 Å². The van der Waals surface area contributed by atoms with E-state index < -0.39 is 12.3 Å². The van der Waals surface area contributed by atoms with Crippen LogP contribution in [0.2, 0.25) is 0 Å². The molecule has 0 amide bonds. The van der Waals surface area contributed by atoms with E-state index >= 15 is 0 Å². The van der Waals surface area contributed by atoms with Crippen LogP contribution in [0.25, 0.3) is 0 Å². The first-order chi connectivity index (χ1) is 11.7. The van der Waals surface area contributed by atoms with Gasteiger partial charge in [-0.05, 0) is 25.7 Å². The van der Waals surface area contributed by atoms with Crippen LogP contribution in [0.4, 0.5) is 20.7 Å². The largest absolute Gasteiger partial charge is 0.467 e. The normalized spacial score (nSPS) is 20.3. The summed E-state index contributed by atoms with van der Waals surface area (Å²) in [4.78, 5) is 17.5. The molecule has 3 heterocycles. The summed E-state index contributed by atoms with van der Waals surface area (Å²) in [7, 11) is 1.54. The number of halogens is 2. The van der Waals surface area contributed by atoms with Crippen LogP contribution >= 0.6 is 0 Å². The summed E-state index contributed by atoms with van der Waals surface area (Å²) < 4.78 is 30.9. The first kappa shape index (κ1) is 17.1. The molecule has 2 aliphatic rings. The van der Waals surface area contributed by atoms with Gasteiger partial charge in [0.2, 0.25) is 18.3 Å². The molecule has 2 aliphatic heterocycles. The molecule has 2 saturated heterocycles. The second-order valence-corrected chi connectivity index (χ2v) is 6.48. The van der Waals surface area contributed by atoms with E-state index in [0.29, 0.717) is 37.8 Å². The third kappa shape index (κ3) is 4.02. The molecule has 24 heavy (non-hydrogen) atoms. The van der Waals surface area contributed by atoms with Crippen molar-refractivity contribution >= 4 is 11.9 Å². The lowest BCUT2D eigenvalue weighted by atomic mass is 9.98. The topological polar surface area (TPSA) is 54.4 Å². The van der Waals surface area contributed by atoms with Crippen molar-refractivity contribution in [3.63, 3.8) is 0 Å². The minimum atomic E-state index is -2.24. The van der Waals surface area contributed by atoms with Crippen LogP contribution in [0.5, 0.6) is 6.01 Å². The minimum absolute atomic E-state index is 0.287. The van der Waals surface area contributed by atoms with Crippen LogP contribution in [0.1, 0.15) is 38.5 Å². The van der Waals surface area contributed by atoms with Crippen molar-refractivity contribution in [2.75, 3.05) is 43.1 Å². The predicted molar refractivity (Wildman–Crippen MR) is 88.0 cm³/mol. The molecule has 0 bridgehead atoms. The van der Waals surface area contributed by atoms with Crippen LogP contribution in [0, 0.1) is 5.92 Å². The average Bonchev–Trinajstić information content (AvgIpc) is 2.91. The number of methoxy groups -OCH3 is 1. The summed E-state index contributed by atoms with van der Waals surface area (Å²) in [5.41, 5.74) is 0. The lowest BCUT2D eigenvalue weighted by molar-refractivity contribution is 0.0634. The molecule has 1 aromatic rings. The molecule has 0 radical (unpaired) electrons. The molecular formula is C16H25F2N5O. The van der Waals surface area contributed by atoms with Crippen LogP contribution in [-0.2, 0) is 0 Å². The minimum Gasteiger partial charge on any atom is -0.467 e. The Bertz CT molecular complexity index is 529. The smallest absolute Gasteiger partial charge is 0.322 e. The van der Waals surface area contributed by atoms with Gasteiger partial charge >= 0.3 is 6.01 Å². The van der Waals surface area contributed by atoms with E-state index in [2.05, 4.69) is 19.9 Å². The van der Waals surface area contributed by atoms with Crippen LogP contribution in [-0.4, -0.2) is 54.7 Å². The van der Waals surface area contributed by atoms with Gasteiger partial charge in [-0.2, -0.15) is 15.0 Å². The fourth-order valence-corrected chi connectivity index (χ4v) is 3.33. The Balaban J connectivity index is 1.76. The Hall–Kier alpha value is -1.73. The number of alkyl halides is 2. The van der Waals surface area contributed by atoms with Gasteiger partial charge in [0, 0.05) is 32.1 Å². The maximum atomic E-state index is 12.8. The molecule has 0 N–H and O–H groups in total. The molecular weight excluding hydrogens is 316 g/mol. The van der Waals surface area contributed by atoms with E-state index in [1.165, 1.54) is 20.0 Å². The lowest BCUT2D eigenvalue weighted by Gasteiger charge is -2.32. The lowest BCUT2D eigenvalue weighted by Crippen LogP contribution is -2.37. The van der Waals surface area contributed by atoms with Crippen LogP contribution in [0.15, 0.2) is 0 Å². The quantitative estimate of drug-likeness (QED) is 0.839. The second-order valence-electron chi connectivity index (χ2n) is 6.48. The molecule has 0 unspecified atom stereocenters. The third-order valence-electron chi connectivity index (χ3n) is 4.84. The summed E-state index contributed by atoms with van der Waals surface area (Å²) in [6.45, 7) is 2.95. The Morgan fingerprint density at radius 1 is 0.875 bits per heavy atom. The van der Waals surface area contributed by atoms with Gasteiger partial charge in [-0.3, -0.25) is 0 Å². The summed E-state index contributed by atoms with van der Waals surface area (Å²) >= 11 is 0. The molecule has 0 atom stereocenters. The van der Waals surface area contributed by atoms with E-state index in [0.717, 1.165) is 25.9 Å². The maximum absolute atomic E-state index is 12.8. The van der Waals surface area contributed by atoms with Gasteiger partial charge in [0.1, 0.15) is 0 Å². The number of hydrogen-bond donors (Lipinski definition) is 0. The molecule has 8 heteroatoms. The average molecular weight is 341 g/mol. The molecule has 1 aromatic heterocycles. The fourth-order valence-electron chi connectivity index (χ4n) is 3.33. The van der Waals surface area contributed by atoms with Gasteiger partial charge in [0.15, 0.2) is 0 Å². The number of aromatic nitrogens is 3. The SMILES string of the molecule is COc1nc(N2CCCCCC2)nc(N2CCC(C(F)F)CC2)n1. The summed E-state index contributed by atoms with van der Waals surface area (Å²) in [5.74, 6) is 0.651. The van der Waals surface area contributed by atoms with E-state index in [1.807, 2.05) is 4.90 Å². The van der Waals surface area contributed by atoms with Crippen molar-refractivity contribution in [2.24, 2.45) is 5.92 Å². The highest BCUT2D eigenvalue weighted by Crippen LogP contribution is 2.27. The highest BCUT2D eigenvalue weighted by Gasteiger charge is 2.28. The van der Waals surface area contributed by atoms with Crippen molar-refractivity contribution in [1.29, 1.82) is 0 Å². The number of nitrogens with zero attached hydrogens (tertiary/aromatic N) is 5. The molecule has 6 nitrogen and oxygen atoms in total. The van der Waals surface area contributed by atoms with Crippen molar-refractivity contribution in [2.45, 2.75) is 45.0 Å². The third-order valence-corrected chi connectivity index (χ3v) is 4.84. The highest BCUT2D eigenvalue weighted by molar-refractivity contribution is 5.40. The maximum Gasteiger partial charge on any atom is 0.322 e. The summed E-state index contributed by atoms with van der Waals surface area (Å²) in [6, 6.07) is 0.287. The Labute approximate surface area is 141 Å². The predicted octanol–water partition coefficient (Wildman–Crippen LogP) is 2.74. The molecule has 0 spiro atoms. The van der Waals surface area contributed by atoms with E-state index in [9.17, 15) is 8.78 Å². The van der Waals surface area contributed by atoms with Crippen molar-refractivity contribution in [1.82, 2.24) is 15.0 Å². The molecule has 0 aromatic carbocycles. The zero-order valence-corrected chi connectivity index (χ0v) is 14.1. The second kappa shape index (κ2) is 7.90. The molecule has 0 aliphatic carbocycles. The Morgan fingerprint density at radius 3 is 1.92 bits per heavy atom. The van der Waals surface area contributed by atoms with E-state index in [1.54, 1.807) is 0 Å². The van der Waals surface area contributed by atoms with Crippen LogP contribution in [0.3, 0.4) is 0 Å². The van der Waals surface area contributed by atoms with Gasteiger partial charge in [-0.1, -0.05) is 12.8 Å². The zero-order valence-electron chi connectivity index (χ0n) is 14.1. The van der Waals surface area contributed by atoms with Gasteiger partial charge in [0.25, 0.3) is 0 Å². The Morgan fingerprint density at radius 2 is 1.42 bits per heavy atom. The number of ether oxygens (including phenoxy) is 1. The van der Waals surface area contributed by atoms with Crippen molar-refractivity contribution < 1.29 is 13.5 Å². The molecule has 0 saturated carbocycles. The summed E-state index contributed by atoms with van der Waals surface area (Å²) in [5, 5.41) is 0. The van der Waals surface area contributed by atoms with Gasteiger partial charge in [-0.25, -0.2) is 8.78 Å². The van der Waals surface area contributed by atoms with Gasteiger partial charge in [0.05, 0.1) is 7.11 Å². The van der Waals surface area contributed by atoms with Crippen molar-refractivity contribution in [3.05, 3.63) is 0 Å². The molecule has 134 valence electrons.